The molecular formula is C25H45N4O3+. The summed E-state index contributed by atoms with van der Waals surface area (Å²) in [7, 11) is 1.46. The van der Waals surface area contributed by atoms with Crippen molar-refractivity contribution < 1.29 is 14.3 Å². The van der Waals surface area contributed by atoms with Crippen molar-refractivity contribution in [3.63, 3.8) is 0 Å². The molecular weight excluding hydrogens is 404 g/mol. The van der Waals surface area contributed by atoms with E-state index in [1.807, 2.05) is 45.0 Å². The fourth-order valence-electron chi connectivity index (χ4n) is 3.36. The van der Waals surface area contributed by atoms with E-state index < -0.39 is 11.6 Å². The average molecular weight is 450 g/mol. The Bertz CT molecular complexity index is 705. The highest BCUT2D eigenvalue weighted by atomic mass is 16.5. The van der Waals surface area contributed by atoms with E-state index >= 15 is 0 Å². The Hall–Kier alpha value is -1.83. The van der Waals surface area contributed by atoms with Gasteiger partial charge in [0.2, 0.25) is 0 Å². The van der Waals surface area contributed by atoms with Gasteiger partial charge in [-0.3, -0.25) is 10.5 Å². The van der Waals surface area contributed by atoms with Crippen LogP contribution in [0.3, 0.4) is 0 Å². The number of carbonyl (C=O) groups excluding carboxylic acids is 1. The minimum Gasteiger partial charge on any atom is -0.492 e. The topological polar surface area (TPSA) is 96.5 Å². The van der Waals surface area contributed by atoms with Crippen LogP contribution in [0.5, 0.6) is 5.75 Å². The lowest BCUT2D eigenvalue weighted by Gasteiger charge is -2.32. The molecule has 0 radical (unpaired) electrons. The lowest BCUT2D eigenvalue weighted by atomic mass is 9.83. The lowest BCUT2D eigenvalue weighted by Crippen LogP contribution is -2.51. The van der Waals surface area contributed by atoms with Gasteiger partial charge in [-0.15, -0.1) is 0 Å². The van der Waals surface area contributed by atoms with Crippen LogP contribution >= 0.6 is 0 Å². The number of carbonyl (C=O) groups is 1. The zero-order chi connectivity index (χ0) is 24.4. The van der Waals surface area contributed by atoms with E-state index in [0.29, 0.717) is 19.4 Å². The van der Waals surface area contributed by atoms with Crippen molar-refractivity contribution >= 4 is 5.78 Å². The van der Waals surface area contributed by atoms with Crippen molar-refractivity contribution in [2.75, 3.05) is 26.7 Å². The van der Waals surface area contributed by atoms with Gasteiger partial charge in [-0.25, -0.2) is 0 Å². The minimum absolute atomic E-state index is 0.139. The van der Waals surface area contributed by atoms with E-state index in [9.17, 15) is 9.70 Å². The van der Waals surface area contributed by atoms with Crippen molar-refractivity contribution in [1.82, 2.24) is 10.6 Å². The van der Waals surface area contributed by atoms with Gasteiger partial charge in [-0.05, 0) is 64.3 Å². The van der Waals surface area contributed by atoms with E-state index in [2.05, 4.69) is 31.4 Å². The smallest absolute Gasteiger partial charge is 0.251 e. The molecule has 2 unspecified atom stereocenters. The SMILES string of the molecule is C[N+](=O)C(N)CCCCNCCOc1ccc(CC(NC(C)(C)C)C(=O)C(C)(C)C)cc1. The molecule has 0 bridgehead atoms. The van der Waals surface area contributed by atoms with Gasteiger partial charge in [-0.1, -0.05) is 32.9 Å². The number of nitroso groups, excluding NO2 is 1. The molecule has 7 nitrogen and oxygen atoms in total. The fourth-order valence-corrected chi connectivity index (χ4v) is 3.36. The lowest BCUT2D eigenvalue weighted by molar-refractivity contribution is -0.558. The monoisotopic (exact) mass is 449 g/mol. The molecule has 1 aromatic rings. The maximum absolute atomic E-state index is 12.9. The maximum atomic E-state index is 12.9. The van der Waals surface area contributed by atoms with Crippen LogP contribution in [-0.4, -0.2) is 55.0 Å². The maximum Gasteiger partial charge on any atom is 0.251 e. The molecule has 0 heterocycles. The molecule has 0 aliphatic rings. The Kier molecular flexibility index (Phi) is 11.5. The summed E-state index contributed by atoms with van der Waals surface area (Å²) >= 11 is 0. The number of unbranched alkanes of at least 4 members (excludes halogenated alkanes) is 1. The van der Waals surface area contributed by atoms with Crippen LogP contribution in [0.1, 0.15) is 66.4 Å². The number of nitrogens with zero attached hydrogens (tertiary/aromatic N) is 1. The van der Waals surface area contributed by atoms with Gasteiger partial charge in [0, 0.05) is 33.6 Å². The Balaban J connectivity index is 2.41. The van der Waals surface area contributed by atoms with E-state index in [4.69, 9.17) is 10.5 Å². The van der Waals surface area contributed by atoms with E-state index in [1.165, 1.54) is 7.05 Å². The van der Waals surface area contributed by atoms with Crippen LogP contribution in [0.2, 0.25) is 0 Å². The molecule has 1 rings (SSSR count). The van der Waals surface area contributed by atoms with Crippen molar-refractivity contribution in [3.8, 4) is 5.75 Å². The number of nitrogens with one attached hydrogen (secondary N) is 2. The van der Waals surface area contributed by atoms with Gasteiger partial charge in [0.25, 0.3) is 6.17 Å². The highest BCUT2D eigenvalue weighted by Gasteiger charge is 2.32. The number of benzene rings is 1. The zero-order valence-electron chi connectivity index (χ0n) is 21.2. The summed E-state index contributed by atoms with van der Waals surface area (Å²) in [6.07, 6.45) is 2.85. The first kappa shape index (κ1) is 28.2. The normalized spacial score (nSPS) is 14.1. The third kappa shape index (κ3) is 11.7. The molecule has 0 aliphatic heterocycles. The standard InChI is InChI=1S/C25H45N4O3/c1-24(2,3)23(30)21(28-25(4,5)6)18-19-11-13-20(14-12-19)32-17-16-27-15-9-8-10-22(26)29(7)31/h11-14,21-22,27-28H,8-10,15-18,26H2,1-7H3/q+1. The molecule has 0 saturated heterocycles. The van der Waals surface area contributed by atoms with Gasteiger partial charge in [-0.2, -0.15) is 0 Å². The van der Waals surface area contributed by atoms with Crippen LogP contribution in [0.25, 0.3) is 0 Å². The summed E-state index contributed by atoms with van der Waals surface area (Å²) in [5.41, 5.74) is 6.27. The van der Waals surface area contributed by atoms with Gasteiger partial charge in [0.15, 0.2) is 12.8 Å². The fraction of sp³-hybridized carbons (Fsp3) is 0.720. The Labute approximate surface area is 194 Å². The number of nitrogens with two attached hydrogens (primary N) is 1. The van der Waals surface area contributed by atoms with Crippen molar-refractivity contribution in [2.45, 2.75) is 85.0 Å². The molecule has 0 fully saturated rings. The molecule has 4 N–H and O–H groups in total. The highest BCUT2D eigenvalue weighted by molar-refractivity contribution is 5.89. The minimum atomic E-state index is -0.410. The van der Waals surface area contributed by atoms with Crippen LogP contribution in [0.4, 0.5) is 0 Å². The van der Waals surface area contributed by atoms with Crippen molar-refractivity contribution in [3.05, 3.63) is 34.7 Å². The van der Waals surface area contributed by atoms with Gasteiger partial charge < -0.3 is 15.4 Å². The van der Waals surface area contributed by atoms with Crippen molar-refractivity contribution in [1.29, 1.82) is 0 Å². The molecule has 0 aromatic heterocycles. The van der Waals surface area contributed by atoms with Crippen LogP contribution in [-0.2, 0) is 11.2 Å². The third-order valence-electron chi connectivity index (χ3n) is 5.14. The summed E-state index contributed by atoms with van der Waals surface area (Å²) in [6, 6.07) is 7.77. The van der Waals surface area contributed by atoms with E-state index in [-0.39, 0.29) is 17.4 Å². The summed E-state index contributed by atoms with van der Waals surface area (Å²) in [6.45, 7) is 14.4. The predicted molar refractivity (Wildman–Crippen MR) is 131 cm³/mol. The summed E-state index contributed by atoms with van der Waals surface area (Å²) in [5.74, 6) is 1.04. The summed E-state index contributed by atoms with van der Waals surface area (Å²) < 4.78 is 6.61. The molecule has 32 heavy (non-hydrogen) atoms. The summed E-state index contributed by atoms with van der Waals surface area (Å²) in [5, 5.41) is 6.83. The first-order valence-corrected chi connectivity index (χ1v) is 11.7. The van der Waals surface area contributed by atoms with E-state index in [1.54, 1.807) is 0 Å². The second kappa shape index (κ2) is 13.0. The molecule has 0 spiro atoms. The van der Waals surface area contributed by atoms with Gasteiger partial charge >= 0.3 is 0 Å². The van der Waals surface area contributed by atoms with E-state index in [0.717, 1.165) is 42.0 Å². The second-order valence-electron chi connectivity index (χ2n) is 10.6. The first-order valence-electron chi connectivity index (χ1n) is 11.7. The molecule has 0 amide bonds. The molecule has 0 aliphatic carbocycles. The molecule has 2 atom stereocenters. The molecule has 1 aromatic carbocycles. The molecule has 182 valence electrons. The van der Waals surface area contributed by atoms with Crippen molar-refractivity contribution in [2.24, 2.45) is 11.1 Å². The third-order valence-corrected chi connectivity index (χ3v) is 5.14. The van der Waals surface area contributed by atoms with Crippen LogP contribution < -0.4 is 21.1 Å². The van der Waals surface area contributed by atoms with Gasteiger partial charge in [0.05, 0.1) is 6.04 Å². The second-order valence-corrected chi connectivity index (χ2v) is 10.6. The zero-order valence-corrected chi connectivity index (χ0v) is 21.2. The number of hydrogen-bond donors (Lipinski definition) is 3. The molecule has 0 saturated carbocycles. The molecule has 7 heteroatoms. The Morgan fingerprint density at radius 2 is 1.69 bits per heavy atom. The largest absolute Gasteiger partial charge is 0.492 e. The quantitative estimate of drug-likeness (QED) is 0.229. The highest BCUT2D eigenvalue weighted by Crippen LogP contribution is 2.21. The van der Waals surface area contributed by atoms with Crippen LogP contribution in [0.15, 0.2) is 24.3 Å². The number of hydrogen-bond acceptors (Lipinski definition) is 6. The number of ketones is 1. The Morgan fingerprint density at radius 3 is 2.22 bits per heavy atom. The first-order chi connectivity index (χ1) is 14.8. The predicted octanol–water partition coefficient (Wildman–Crippen LogP) is 3.43. The Morgan fingerprint density at radius 1 is 1.06 bits per heavy atom. The van der Waals surface area contributed by atoms with Crippen LogP contribution in [0, 0.1) is 10.3 Å². The summed E-state index contributed by atoms with van der Waals surface area (Å²) in [4.78, 5) is 24.0. The number of ether oxygens (including phenoxy) is 1. The number of Topliss-reactive ketones (excluding diaryl/α,β-unsaturated/α-hetero) is 1. The van der Waals surface area contributed by atoms with Gasteiger partial charge in [0.1, 0.15) is 12.4 Å². The average Bonchev–Trinajstić information content (AvgIpc) is 2.68. The number of rotatable bonds is 14.